The number of benzene rings is 2. The minimum absolute atomic E-state index is 0.230. The lowest BCUT2D eigenvalue weighted by Crippen LogP contribution is -2.02. The number of allylic oxidation sites excluding steroid dienone is 2. The largest absolute Gasteiger partial charge is 0.497 e. The Balaban J connectivity index is 1.35. The van der Waals surface area contributed by atoms with Gasteiger partial charge < -0.3 is 19.2 Å². The van der Waals surface area contributed by atoms with E-state index in [9.17, 15) is 9.59 Å². The second-order valence-electron chi connectivity index (χ2n) is 7.95. The lowest BCUT2D eigenvalue weighted by Gasteiger charge is -2.09. The maximum absolute atomic E-state index is 12.4. The second kappa shape index (κ2) is 11.7. The van der Waals surface area contributed by atoms with Crippen LogP contribution < -0.4 is 14.2 Å². The van der Waals surface area contributed by atoms with Crippen molar-refractivity contribution in [1.29, 1.82) is 0 Å². The molecular formula is C29H26N2O5. The van der Waals surface area contributed by atoms with Gasteiger partial charge in [0.05, 0.1) is 26.3 Å². The number of pyridine rings is 1. The molecule has 0 aliphatic heterocycles. The lowest BCUT2D eigenvalue weighted by molar-refractivity contribution is -0.121. The van der Waals surface area contributed by atoms with Gasteiger partial charge in [-0.3, -0.25) is 14.6 Å². The van der Waals surface area contributed by atoms with Gasteiger partial charge in [0.25, 0.3) is 0 Å². The molecule has 0 saturated heterocycles. The normalized spacial score (nSPS) is 11.3. The number of carbonyl (C=O) groups is 2. The highest BCUT2D eigenvalue weighted by atomic mass is 16.5. The number of ketones is 2. The predicted molar refractivity (Wildman–Crippen MR) is 139 cm³/mol. The summed E-state index contributed by atoms with van der Waals surface area (Å²) in [7, 11) is 3.15. The number of aromatic nitrogens is 2. The number of carbonyl (C=O) groups excluding carboxylic acids is 2. The molecule has 0 aliphatic rings. The standard InChI is InChI=1S/C29H26N2O5/c1-34-25-12-13-28-27(16-25)21(18-31-28)7-10-24(33)15-23(32)9-6-20-8-11-26(17-29(20)35-2)36-19-22-5-3-4-14-30-22/h3-14,16-18,31H,15,19H2,1-2H3/b9-6+,10-7+. The summed E-state index contributed by atoms with van der Waals surface area (Å²) in [5, 5.41) is 0.934. The summed E-state index contributed by atoms with van der Waals surface area (Å²) < 4.78 is 16.5. The van der Waals surface area contributed by atoms with Crippen LogP contribution in [0.25, 0.3) is 23.1 Å². The van der Waals surface area contributed by atoms with Crippen molar-refractivity contribution in [3.8, 4) is 17.2 Å². The Morgan fingerprint density at radius 3 is 2.39 bits per heavy atom. The molecule has 0 spiro atoms. The number of methoxy groups -OCH3 is 2. The van der Waals surface area contributed by atoms with Gasteiger partial charge in [0.15, 0.2) is 11.6 Å². The van der Waals surface area contributed by atoms with Gasteiger partial charge in [-0.2, -0.15) is 0 Å². The van der Waals surface area contributed by atoms with Crippen LogP contribution in [0.2, 0.25) is 0 Å². The van der Waals surface area contributed by atoms with Crippen molar-refractivity contribution in [3.63, 3.8) is 0 Å². The first-order valence-electron chi connectivity index (χ1n) is 11.3. The smallest absolute Gasteiger partial charge is 0.163 e. The van der Waals surface area contributed by atoms with Crippen molar-refractivity contribution in [1.82, 2.24) is 9.97 Å². The predicted octanol–water partition coefficient (Wildman–Crippen LogP) is 5.41. The number of rotatable bonds is 11. The Hall–Kier alpha value is -4.65. The molecule has 7 nitrogen and oxygen atoms in total. The highest BCUT2D eigenvalue weighted by molar-refractivity contribution is 6.11. The van der Waals surface area contributed by atoms with E-state index in [1.165, 1.54) is 12.2 Å². The minimum Gasteiger partial charge on any atom is -0.497 e. The van der Waals surface area contributed by atoms with Gasteiger partial charge >= 0.3 is 0 Å². The van der Waals surface area contributed by atoms with Gasteiger partial charge in [0.2, 0.25) is 0 Å². The molecule has 0 fully saturated rings. The van der Waals surface area contributed by atoms with Crippen molar-refractivity contribution in [3.05, 3.63) is 96.0 Å². The molecule has 182 valence electrons. The Bertz CT molecular complexity index is 1420. The number of fused-ring (bicyclic) bond motifs is 1. The fourth-order valence-electron chi connectivity index (χ4n) is 3.60. The van der Waals surface area contributed by atoms with E-state index in [2.05, 4.69) is 9.97 Å². The maximum atomic E-state index is 12.4. The number of aromatic amines is 1. The average Bonchev–Trinajstić information content (AvgIpc) is 3.32. The first-order valence-corrected chi connectivity index (χ1v) is 11.3. The molecular weight excluding hydrogens is 456 g/mol. The van der Waals surface area contributed by atoms with Crippen molar-refractivity contribution < 1.29 is 23.8 Å². The SMILES string of the molecule is COc1ccc2[nH]cc(/C=C/C(=O)CC(=O)/C=C/c3ccc(OCc4ccccn4)cc3OC)c2c1. The quantitative estimate of drug-likeness (QED) is 0.227. The van der Waals surface area contributed by atoms with Gasteiger partial charge in [-0.05, 0) is 66.8 Å². The number of H-pyrrole nitrogens is 1. The molecule has 7 heteroatoms. The summed E-state index contributed by atoms with van der Waals surface area (Å²) in [6.07, 6.45) is 9.43. The topological polar surface area (TPSA) is 90.5 Å². The van der Waals surface area contributed by atoms with Crippen molar-refractivity contribution in [2.24, 2.45) is 0 Å². The highest BCUT2D eigenvalue weighted by Gasteiger charge is 2.08. The van der Waals surface area contributed by atoms with Gasteiger partial charge in [-0.25, -0.2) is 0 Å². The molecule has 2 aromatic carbocycles. The van der Waals surface area contributed by atoms with Crippen LogP contribution in [0, 0.1) is 0 Å². The number of hydrogen-bond acceptors (Lipinski definition) is 6. The summed E-state index contributed by atoms with van der Waals surface area (Å²) in [5.41, 5.74) is 3.29. The summed E-state index contributed by atoms with van der Waals surface area (Å²) in [5.74, 6) is 1.32. The number of nitrogens with one attached hydrogen (secondary N) is 1. The Kier molecular flexibility index (Phi) is 7.93. The molecule has 1 N–H and O–H groups in total. The van der Waals surface area contributed by atoms with Crippen molar-refractivity contribution >= 4 is 34.6 Å². The van der Waals surface area contributed by atoms with Gasteiger partial charge in [-0.1, -0.05) is 6.07 Å². The molecule has 0 saturated carbocycles. The monoisotopic (exact) mass is 482 g/mol. The Morgan fingerprint density at radius 1 is 0.889 bits per heavy atom. The molecule has 0 bridgehead atoms. The van der Waals surface area contributed by atoms with Crippen LogP contribution >= 0.6 is 0 Å². The molecule has 0 aliphatic carbocycles. The average molecular weight is 483 g/mol. The van der Waals surface area contributed by atoms with E-state index in [4.69, 9.17) is 14.2 Å². The molecule has 4 rings (SSSR count). The van der Waals surface area contributed by atoms with Gasteiger partial charge in [0, 0.05) is 40.5 Å². The van der Waals surface area contributed by atoms with E-state index in [1.54, 1.807) is 50.8 Å². The van der Waals surface area contributed by atoms with E-state index in [0.717, 1.165) is 27.9 Å². The van der Waals surface area contributed by atoms with Crippen LogP contribution in [0.15, 0.2) is 79.1 Å². The fraction of sp³-hybridized carbons (Fsp3) is 0.138. The third-order valence-electron chi connectivity index (χ3n) is 5.48. The first kappa shape index (κ1) is 24.5. The van der Waals surface area contributed by atoms with Crippen LogP contribution in [0.4, 0.5) is 0 Å². The van der Waals surface area contributed by atoms with E-state index in [-0.39, 0.29) is 18.0 Å². The first-order chi connectivity index (χ1) is 17.6. The number of nitrogens with zero attached hydrogens (tertiary/aromatic N) is 1. The van der Waals surface area contributed by atoms with Gasteiger partial charge in [-0.15, -0.1) is 0 Å². The zero-order valence-corrected chi connectivity index (χ0v) is 20.1. The molecule has 0 unspecified atom stereocenters. The molecule has 4 aromatic rings. The molecule has 2 heterocycles. The van der Waals surface area contributed by atoms with E-state index in [0.29, 0.717) is 23.7 Å². The van der Waals surface area contributed by atoms with E-state index < -0.39 is 0 Å². The molecule has 0 atom stereocenters. The third kappa shape index (κ3) is 6.27. The van der Waals surface area contributed by atoms with Gasteiger partial charge in [0.1, 0.15) is 23.9 Å². The van der Waals surface area contributed by atoms with Crippen molar-refractivity contribution in [2.75, 3.05) is 14.2 Å². The van der Waals surface area contributed by atoms with Crippen LogP contribution in [0.1, 0.15) is 23.2 Å². The van der Waals surface area contributed by atoms with Crippen LogP contribution in [0.5, 0.6) is 17.2 Å². The molecule has 0 radical (unpaired) electrons. The fourth-order valence-corrected chi connectivity index (χ4v) is 3.60. The number of ether oxygens (including phenoxy) is 3. The highest BCUT2D eigenvalue weighted by Crippen LogP contribution is 2.27. The molecule has 36 heavy (non-hydrogen) atoms. The summed E-state index contributed by atoms with van der Waals surface area (Å²) >= 11 is 0. The lowest BCUT2D eigenvalue weighted by atomic mass is 10.1. The van der Waals surface area contributed by atoms with Crippen molar-refractivity contribution in [2.45, 2.75) is 13.0 Å². The van der Waals surface area contributed by atoms with E-state index >= 15 is 0 Å². The maximum Gasteiger partial charge on any atom is 0.163 e. The Labute approximate surface area is 209 Å². The van der Waals surface area contributed by atoms with Crippen LogP contribution in [0.3, 0.4) is 0 Å². The van der Waals surface area contributed by atoms with E-state index in [1.807, 2.05) is 42.6 Å². The summed E-state index contributed by atoms with van der Waals surface area (Å²) in [6, 6.07) is 16.6. The second-order valence-corrected chi connectivity index (χ2v) is 7.95. The zero-order valence-electron chi connectivity index (χ0n) is 20.1. The molecule has 0 amide bonds. The number of hydrogen-bond donors (Lipinski definition) is 1. The summed E-state index contributed by atoms with van der Waals surface area (Å²) in [6.45, 7) is 0.333. The van der Waals surface area contributed by atoms with Crippen LogP contribution in [-0.2, 0) is 16.2 Å². The third-order valence-corrected chi connectivity index (χ3v) is 5.48. The zero-order chi connectivity index (χ0) is 25.3. The summed E-state index contributed by atoms with van der Waals surface area (Å²) in [4.78, 5) is 32.1. The minimum atomic E-state index is -0.303. The Morgan fingerprint density at radius 2 is 1.67 bits per heavy atom. The van der Waals surface area contributed by atoms with Crippen LogP contribution in [-0.4, -0.2) is 35.8 Å². The molecule has 2 aromatic heterocycles.